The van der Waals surface area contributed by atoms with Crippen molar-refractivity contribution in [2.75, 3.05) is 5.32 Å². The third-order valence-electron chi connectivity index (χ3n) is 3.66. The molecule has 3 aromatic heterocycles. The number of carbonyl (C=O) groups is 1. The molecule has 1 aromatic carbocycles. The van der Waals surface area contributed by atoms with Crippen LogP contribution in [-0.4, -0.2) is 20.4 Å². The fourth-order valence-electron chi connectivity index (χ4n) is 2.55. The number of imidazole rings is 1. The van der Waals surface area contributed by atoms with Crippen LogP contribution in [0, 0.1) is 0 Å². The van der Waals surface area contributed by atoms with E-state index < -0.39 is 0 Å². The first-order chi connectivity index (χ1) is 11.8. The highest BCUT2D eigenvalue weighted by atomic mass is 32.1. The number of nitrogens with zero attached hydrogens (tertiary/aromatic N) is 3. The number of thiazole rings is 1. The Bertz CT molecular complexity index is 1000. The van der Waals surface area contributed by atoms with Crippen LogP contribution in [0.4, 0.5) is 5.95 Å². The van der Waals surface area contributed by atoms with E-state index >= 15 is 0 Å². The molecule has 7 heteroatoms. The van der Waals surface area contributed by atoms with Crippen LogP contribution in [0.15, 0.2) is 52.5 Å². The van der Waals surface area contributed by atoms with Gasteiger partial charge in [-0.3, -0.25) is 10.1 Å². The summed E-state index contributed by atoms with van der Waals surface area (Å²) in [5.74, 6) is 0.894. The molecule has 24 heavy (non-hydrogen) atoms. The molecule has 0 bridgehead atoms. The molecule has 1 amide bonds. The summed E-state index contributed by atoms with van der Waals surface area (Å²) in [5, 5.41) is 5.24. The number of aryl methyl sites for hydroxylation is 1. The van der Waals surface area contributed by atoms with Gasteiger partial charge in [0.2, 0.25) is 5.95 Å². The largest absolute Gasteiger partial charge is 0.462 e. The molecule has 0 unspecified atom stereocenters. The monoisotopic (exact) mass is 338 g/mol. The highest BCUT2D eigenvalue weighted by molar-refractivity contribution is 7.13. The molecule has 0 saturated carbocycles. The Labute approximate surface area is 141 Å². The van der Waals surface area contributed by atoms with E-state index in [0.29, 0.717) is 29.0 Å². The van der Waals surface area contributed by atoms with E-state index in [4.69, 9.17) is 4.42 Å². The van der Waals surface area contributed by atoms with Crippen LogP contribution in [-0.2, 0) is 6.54 Å². The number of carbonyl (C=O) groups excluding carboxylic acids is 1. The quantitative estimate of drug-likeness (QED) is 0.610. The topological polar surface area (TPSA) is 73.0 Å². The second kappa shape index (κ2) is 5.93. The smallest absolute Gasteiger partial charge is 0.277 e. The number of nitrogens with one attached hydrogen (secondary N) is 1. The van der Waals surface area contributed by atoms with E-state index in [1.165, 1.54) is 11.3 Å². The number of rotatable bonds is 4. The molecule has 3 heterocycles. The molecule has 0 saturated heterocycles. The number of para-hydroxylation sites is 2. The van der Waals surface area contributed by atoms with Crippen molar-refractivity contribution in [2.24, 2.45) is 0 Å². The van der Waals surface area contributed by atoms with Gasteiger partial charge in [-0.15, -0.1) is 11.3 Å². The molecule has 0 aliphatic heterocycles. The number of hydrogen-bond acceptors (Lipinski definition) is 5. The van der Waals surface area contributed by atoms with Crippen molar-refractivity contribution in [2.45, 2.75) is 13.5 Å². The second-order valence-corrected chi connectivity index (χ2v) is 6.00. The molecular formula is C17H14N4O2S. The zero-order valence-electron chi connectivity index (χ0n) is 12.9. The third-order valence-corrected chi connectivity index (χ3v) is 4.52. The maximum absolute atomic E-state index is 12.5. The minimum absolute atomic E-state index is 0.283. The molecule has 1 N–H and O–H groups in total. The first kappa shape index (κ1) is 14.6. The number of amides is 1. The van der Waals surface area contributed by atoms with Crippen LogP contribution in [0.1, 0.15) is 17.4 Å². The van der Waals surface area contributed by atoms with Gasteiger partial charge in [-0.1, -0.05) is 12.1 Å². The molecule has 0 aliphatic rings. The molecule has 0 aliphatic carbocycles. The van der Waals surface area contributed by atoms with Crippen molar-refractivity contribution in [1.29, 1.82) is 0 Å². The Hall–Kier alpha value is -2.93. The third kappa shape index (κ3) is 2.48. The number of aromatic nitrogens is 3. The van der Waals surface area contributed by atoms with E-state index in [-0.39, 0.29) is 5.91 Å². The van der Waals surface area contributed by atoms with Gasteiger partial charge < -0.3 is 8.98 Å². The minimum atomic E-state index is -0.283. The average molecular weight is 338 g/mol. The standard InChI is InChI=1S/C17H14N4O2S/c1-2-21-13-7-4-3-6-11(13)19-17(21)20-15(22)12-10-24-16(18-12)14-8-5-9-23-14/h3-10H,2H2,1H3,(H,19,20,22). The van der Waals surface area contributed by atoms with E-state index in [1.54, 1.807) is 17.7 Å². The van der Waals surface area contributed by atoms with Crippen LogP contribution < -0.4 is 5.32 Å². The van der Waals surface area contributed by atoms with Crippen molar-refractivity contribution < 1.29 is 9.21 Å². The number of anilines is 1. The molecule has 0 spiro atoms. The maximum Gasteiger partial charge on any atom is 0.277 e. The first-order valence-electron chi connectivity index (χ1n) is 7.52. The maximum atomic E-state index is 12.5. The van der Waals surface area contributed by atoms with Crippen LogP contribution in [0.3, 0.4) is 0 Å². The molecule has 0 radical (unpaired) electrons. The van der Waals surface area contributed by atoms with Crippen LogP contribution in [0.5, 0.6) is 0 Å². The fourth-order valence-corrected chi connectivity index (χ4v) is 3.31. The predicted octanol–water partition coefficient (Wildman–Crippen LogP) is 4.03. The van der Waals surface area contributed by atoms with E-state index in [2.05, 4.69) is 15.3 Å². The molecular weight excluding hydrogens is 324 g/mol. The highest BCUT2D eigenvalue weighted by Gasteiger charge is 2.17. The van der Waals surface area contributed by atoms with E-state index in [1.807, 2.05) is 41.8 Å². The Morgan fingerprint density at radius 3 is 2.92 bits per heavy atom. The van der Waals surface area contributed by atoms with Crippen molar-refractivity contribution in [1.82, 2.24) is 14.5 Å². The Morgan fingerprint density at radius 1 is 1.25 bits per heavy atom. The summed E-state index contributed by atoms with van der Waals surface area (Å²) in [5.41, 5.74) is 2.19. The normalized spacial score (nSPS) is 11.0. The zero-order chi connectivity index (χ0) is 16.5. The molecule has 0 fully saturated rings. The highest BCUT2D eigenvalue weighted by Crippen LogP contribution is 2.25. The van der Waals surface area contributed by atoms with E-state index in [0.717, 1.165) is 11.0 Å². The summed E-state index contributed by atoms with van der Waals surface area (Å²) >= 11 is 1.37. The van der Waals surface area contributed by atoms with Gasteiger partial charge >= 0.3 is 0 Å². The second-order valence-electron chi connectivity index (χ2n) is 5.14. The molecule has 6 nitrogen and oxygen atoms in total. The fraction of sp³-hybridized carbons (Fsp3) is 0.118. The SMILES string of the molecule is CCn1c(NC(=O)c2csc(-c3ccco3)n2)nc2ccccc21. The Balaban J connectivity index is 1.63. The Morgan fingerprint density at radius 2 is 2.12 bits per heavy atom. The van der Waals surface area contributed by atoms with Gasteiger partial charge in [0, 0.05) is 11.9 Å². The summed E-state index contributed by atoms with van der Waals surface area (Å²) in [6.07, 6.45) is 1.58. The predicted molar refractivity (Wildman–Crippen MR) is 93.2 cm³/mol. The summed E-state index contributed by atoms with van der Waals surface area (Å²) in [6.45, 7) is 2.73. The van der Waals surface area contributed by atoms with Gasteiger partial charge in [0.25, 0.3) is 5.91 Å². The average Bonchev–Trinajstić information content (AvgIpc) is 3.33. The van der Waals surface area contributed by atoms with Crippen molar-refractivity contribution in [3.63, 3.8) is 0 Å². The Kier molecular flexibility index (Phi) is 3.62. The molecule has 120 valence electrons. The number of fused-ring (bicyclic) bond motifs is 1. The van der Waals surface area contributed by atoms with Crippen molar-refractivity contribution in [3.05, 3.63) is 53.7 Å². The van der Waals surface area contributed by atoms with Crippen LogP contribution in [0.25, 0.3) is 21.8 Å². The number of benzene rings is 1. The van der Waals surface area contributed by atoms with Crippen molar-refractivity contribution >= 4 is 34.2 Å². The lowest BCUT2D eigenvalue weighted by Gasteiger charge is -2.06. The lowest BCUT2D eigenvalue weighted by molar-refractivity contribution is 0.102. The molecule has 4 rings (SSSR count). The summed E-state index contributed by atoms with van der Waals surface area (Å²) in [4.78, 5) is 21.3. The summed E-state index contributed by atoms with van der Waals surface area (Å²) in [6, 6.07) is 11.4. The summed E-state index contributed by atoms with van der Waals surface area (Å²) < 4.78 is 7.27. The van der Waals surface area contributed by atoms with Gasteiger partial charge in [0.1, 0.15) is 5.69 Å². The first-order valence-corrected chi connectivity index (χ1v) is 8.40. The van der Waals surface area contributed by atoms with Gasteiger partial charge in [0.15, 0.2) is 10.8 Å². The van der Waals surface area contributed by atoms with Gasteiger partial charge in [-0.05, 0) is 31.2 Å². The zero-order valence-corrected chi connectivity index (χ0v) is 13.7. The molecule has 4 aromatic rings. The van der Waals surface area contributed by atoms with Crippen LogP contribution in [0.2, 0.25) is 0 Å². The van der Waals surface area contributed by atoms with Crippen molar-refractivity contribution in [3.8, 4) is 10.8 Å². The van der Waals surface area contributed by atoms with E-state index in [9.17, 15) is 4.79 Å². The van der Waals surface area contributed by atoms with Crippen LogP contribution >= 0.6 is 11.3 Å². The minimum Gasteiger partial charge on any atom is -0.462 e. The van der Waals surface area contributed by atoms with Gasteiger partial charge in [0.05, 0.1) is 17.3 Å². The molecule has 0 atom stereocenters. The number of furan rings is 1. The summed E-state index contributed by atoms with van der Waals surface area (Å²) in [7, 11) is 0. The number of hydrogen-bond donors (Lipinski definition) is 1. The lowest BCUT2D eigenvalue weighted by Crippen LogP contribution is -2.16. The lowest BCUT2D eigenvalue weighted by atomic mass is 10.3. The van der Waals surface area contributed by atoms with Gasteiger partial charge in [-0.25, -0.2) is 9.97 Å². The van der Waals surface area contributed by atoms with Gasteiger partial charge in [-0.2, -0.15) is 0 Å².